The summed E-state index contributed by atoms with van der Waals surface area (Å²) in [5, 5.41) is 7.15. The third kappa shape index (κ3) is 3.56. The zero-order valence-corrected chi connectivity index (χ0v) is 11.9. The van der Waals surface area contributed by atoms with Crippen molar-refractivity contribution in [3.05, 3.63) is 35.4 Å². The van der Waals surface area contributed by atoms with Crippen molar-refractivity contribution in [2.24, 2.45) is 0 Å². The summed E-state index contributed by atoms with van der Waals surface area (Å²) >= 11 is 0. The Morgan fingerprint density at radius 1 is 1.17 bits per heavy atom. The molecule has 1 saturated heterocycles. The molecule has 0 radical (unpaired) electrons. The molecule has 1 aliphatic heterocycles. The van der Waals surface area contributed by atoms with Crippen molar-refractivity contribution in [3.63, 3.8) is 0 Å². The smallest absolute Gasteiger partial charge is 0.0292 e. The summed E-state index contributed by atoms with van der Waals surface area (Å²) in [6, 6.07) is 10.1. The predicted octanol–water partition coefficient (Wildman–Crippen LogP) is 3.21. The fraction of sp³-hybridized carbons (Fsp3) is 0.625. The molecule has 0 bridgehead atoms. The summed E-state index contributed by atoms with van der Waals surface area (Å²) in [6.45, 7) is 8.99. The number of hydrogen-bond acceptors (Lipinski definition) is 2. The third-order valence-corrected chi connectivity index (χ3v) is 3.94. The van der Waals surface area contributed by atoms with E-state index in [-0.39, 0.29) is 0 Å². The Hall–Kier alpha value is -0.860. The van der Waals surface area contributed by atoms with E-state index < -0.39 is 0 Å². The molecular weight excluding hydrogens is 220 g/mol. The highest BCUT2D eigenvalue weighted by Gasteiger charge is 2.14. The van der Waals surface area contributed by atoms with Crippen LogP contribution in [0.1, 0.15) is 56.7 Å². The number of nitrogens with one attached hydrogen (secondary N) is 2. The Balaban J connectivity index is 1.85. The lowest BCUT2D eigenvalue weighted by atomic mass is 9.99. The molecule has 1 fully saturated rings. The molecule has 2 unspecified atom stereocenters. The predicted molar refractivity (Wildman–Crippen MR) is 78.0 cm³/mol. The standard InChI is InChI=1S/C16H26N2/c1-12(2)14-6-8-15(9-7-14)13(3)18-11-16-5-4-10-17-16/h6-9,12-13,16-18H,4-5,10-11H2,1-3H3. The highest BCUT2D eigenvalue weighted by atomic mass is 15.0. The first kappa shape index (κ1) is 13.6. The third-order valence-electron chi connectivity index (χ3n) is 3.94. The highest BCUT2D eigenvalue weighted by molar-refractivity contribution is 5.26. The Labute approximate surface area is 111 Å². The van der Waals surface area contributed by atoms with Crippen LogP contribution in [0.25, 0.3) is 0 Å². The van der Waals surface area contributed by atoms with E-state index in [2.05, 4.69) is 55.7 Å². The van der Waals surface area contributed by atoms with Crippen LogP contribution in [-0.2, 0) is 0 Å². The number of hydrogen-bond donors (Lipinski definition) is 2. The van der Waals surface area contributed by atoms with E-state index in [1.165, 1.54) is 30.5 Å². The van der Waals surface area contributed by atoms with Gasteiger partial charge in [-0.05, 0) is 43.4 Å². The van der Waals surface area contributed by atoms with Gasteiger partial charge in [0.25, 0.3) is 0 Å². The molecule has 0 aliphatic carbocycles. The van der Waals surface area contributed by atoms with Crippen LogP contribution in [-0.4, -0.2) is 19.1 Å². The van der Waals surface area contributed by atoms with Crippen LogP contribution >= 0.6 is 0 Å². The van der Waals surface area contributed by atoms with Crippen molar-refractivity contribution in [3.8, 4) is 0 Å². The Morgan fingerprint density at radius 2 is 1.83 bits per heavy atom. The van der Waals surface area contributed by atoms with Crippen LogP contribution in [0.4, 0.5) is 0 Å². The average Bonchev–Trinajstić information content (AvgIpc) is 2.89. The lowest BCUT2D eigenvalue weighted by Crippen LogP contribution is -2.35. The van der Waals surface area contributed by atoms with Gasteiger partial charge in [-0.3, -0.25) is 0 Å². The van der Waals surface area contributed by atoms with Gasteiger partial charge in [-0.2, -0.15) is 0 Å². The molecule has 1 aliphatic rings. The molecule has 2 nitrogen and oxygen atoms in total. The highest BCUT2D eigenvalue weighted by Crippen LogP contribution is 2.18. The molecule has 1 aromatic carbocycles. The normalized spacial score (nSPS) is 21.4. The summed E-state index contributed by atoms with van der Waals surface area (Å²) in [5.74, 6) is 0.616. The molecule has 100 valence electrons. The summed E-state index contributed by atoms with van der Waals surface area (Å²) in [4.78, 5) is 0. The van der Waals surface area contributed by atoms with Gasteiger partial charge in [-0.25, -0.2) is 0 Å². The minimum absolute atomic E-state index is 0.439. The quantitative estimate of drug-likeness (QED) is 0.833. The molecule has 18 heavy (non-hydrogen) atoms. The fourth-order valence-corrected chi connectivity index (χ4v) is 2.54. The monoisotopic (exact) mass is 246 g/mol. The van der Waals surface area contributed by atoms with E-state index >= 15 is 0 Å². The number of rotatable bonds is 5. The second-order valence-electron chi connectivity index (χ2n) is 5.74. The molecule has 2 atom stereocenters. The van der Waals surface area contributed by atoms with Crippen molar-refractivity contribution < 1.29 is 0 Å². The lowest BCUT2D eigenvalue weighted by molar-refractivity contribution is 0.490. The van der Waals surface area contributed by atoms with E-state index in [9.17, 15) is 0 Å². The SMILES string of the molecule is CC(C)c1ccc(C(C)NCC2CCCN2)cc1. The summed E-state index contributed by atoms with van der Waals surface area (Å²) in [7, 11) is 0. The minimum atomic E-state index is 0.439. The van der Waals surface area contributed by atoms with Gasteiger partial charge in [-0.1, -0.05) is 38.1 Å². The van der Waals surface area contributed by atoms with Crippen molar-refractivity contribution >= 4 is 0 Å². The molecular formula is C16H26N2. The van der Waals surface area contributed by atoms with Crippen molar-refractivity contribution in [1.29, 1.82) is 0 Å². The molecule has 2 rings (SSSR count). The Kier molecular flexibility index (Phi) is 4.79. The van der Waals surface area contributed by atoms with Gasteiger partial charge < -0.3 is 10.6 Å². The number of benzene rings is 1. The maximum absolute atomic E-state index is 3.63. The summed E-state index contributed by atoms with van der Waals surface area (Å²) < 4.78 is 0. The van der Waals surface area contributed by atoms with E-state index in [0.29, 0.717) is 18.0 Å². The van der Waals surface area contributed by atoms with Gasteiger partial charge in [0, 0.05) is 18.6 Å². The molecule has 0 spiro atoms. The molecule has 0 amide bonds. The van der Waals surface area contributed by atoms with Gasteiger partial charge in [0.15, 0.2) is 0 Å². The maximum Gasteiger partial charge on any atom is 0.0292 e. The molecule has 0 aromatic heterocycles. The minimum Gasteiger partial charge on any atom is -0.313 e. The Morgan fingerprint density at radius 3 is 2.39 bits per heavy atom. The zero-order valence-electron chi connectivity index (χ0n) is 11.9. The van der Waals surface area contributed by atoms with Crippen LogP contribution in [0.15, 0.2) is 24.3 Å². The zero-order chi connectivity index (χ0) is 13.0. The van der Waals surface area contributed by atoms with Crippen LogP contribution in [0, 0.1) is 0 Å². The average molecular weight is 246 g/mol. The van der Waals surface area contributed by atoms with Crippen molar-refractivity contribution in [2.45, 2.75) is 51.6 Å². The van der Waals surface area contributed by atoms with E-state index in [1.54, 1.807) is 0 Å². The molecule has 2 N–H and O–H groups in total. The van der Waals surface area contributed by atoms with Crippen molar-refractivity contribution in [2.75, 3.05) is 13.1 Å². The summed E-state index contributed by atoms with van der Waals surface area (Å²) in [5.41, 5.74) is 2.81. The van der Waals surface area contributed by atoms with E-state index in [4.69, 9.17) is 0 Å². The molecule has 2 heteroatoms. The second kappa shape index (κ2) is 6.35. The fourth-order valence-electron chi connectivity index (χ4n) is 2.54. The molecule has 1 heterocycles. The topological polar surface area (TPSA) is 24.1 Å². The first-order valence-corrected chi connectivity index (χ1v) is 7.23. The maximum atomic E-state index is 3.63. The van der Waals surface area contributed by atoms with Gasteiger partial charge >= 0.3 is 0 Å². The van der Waals surface area contributed by atoms with Crippen molar-refractivity contribution in [1.82, 2.24) is 10.6 Å². The van der Waals surface area contributed by atoms with Gasteiger partial charge in [0.1, 0.15) is 0 Å². The van der Waals surface area contributed by atoms with Crippen LogP contribution in [0.2, 0.25) is 0 Å². The van der Waals surface area contributed by atoms with E-state index in [1.807, 2.05) is 0 Å². The van der Waals surface area contributed by atoms with E-state index in [0.717, 1.165) is 6.54 Å². The van der Waals surface area contributed by atoms with Crippen LogP contribution < -0.4 is 10.6 Å². The largest absolute Gasteiger partial charge is 0.313 e. The molecule has 1 aromatic rings. The van der Waals surface area contributed by atoms with Gasteiger partial charge in [-0.15, -0.1) is 0 Å². The first-order valence-electron chi connectivity index (χ1n) is 7.23. The van der Waals surface area contributed by atoms with Crippen LogP contribution in [0.5, 0.6) is 0 Å². The van der Waals surface area contributed by atoms with Crippen LogP contribution in [0.3, 0.4) is 0 Å². The van der Waals surface area contributed by atoms with Gasteiger partial charge in [0.2, 0.25) is 0 Å². The Bertz CT molecular complexity index is 350. The van der Waals surface area contributed by atoms with Gasteiger partial charge in [0.05, 0.1) is 0 Å². The first-order chi connectivity index (χ1) is 8.66. The molecule has 0 saturated carbocycles. The lowest BCUT2D eigenvalue weighted by Gasteiger charge is -2.18. The second-order valence-corrected chi connectivity index (χ2v) is 5.74. The summed E-state index contributed by atoms with van der Waals surface area (Å²) in [6.07, 6.45) is 2.63.